The Morgan fingerprint density at radius 3 is 2.02 bits per heavy atom. The number of carbonyl (C=O) groups excluding carboxylic acids is 1. The predicted octanol–water partition coefficient (Wildman–Crippen LogP) is 5.96. The highest BCUT2D eigenvalue weighted by Crippen LogP contribution is 2.37. The standard InChI is InChI=1S/C26H29Cl2F6N3O3S/c1-24(18-4-5-21(27)22(28)15-18,6-9-36-7-3-8-37(11-10-36)41(2,39)40)23(38)35-16-17-12-19(25(29,30)31)14-20(13-17)26(32,33)34/h4-5,12-15H,3,6-11,16H2,1-2H3,(H,35,38). The van der Waals surface area contributed by atoms with Gasteiger partial charge in [-0.1, -0.05) is 29.3 Å². The fraction of sp³-hybridized carbons (Fsp3) is 0.500. The zero-order valence-corrected chi connectivity index (χ0v) is 24.5. The molecule has 228 valence electrons. The maximum atomic E-state index is 13.6. The van der Waals surface area contributed by atoms with E-state index < -0.39 is 51.4 Å². The normalized spacial score (nSPS) is 17.6. The van der Waals surface area contributed by atoms with Crippen molar-refractivity contribution in [1.82, 2.24) is 14.5 Å². The van der Waals surface area contributed by atoms with Crippen molar-refractivity contribution in [3.63, 3.8) is 0 Å². The van der Waals surface area contributed by atoms with Crippen LogP contribution in [0.25, 0.3) is 0 Å². The van der Waals surface area contributed by atoms with E-state index in [1.807, 2.05) is 4.90 Å². The summed E-state index contributed by atoms with van der Waals surface area (Å²) < 4.78 is 105. The number of hydrogen-bond donors (Lipinski definition) is 1. The number of amides is 1. The molecule has 2 aromatic rings. The van der Waals surface area contributed by atoms with Crippen LogP contribution in [0.4, 0.5) is 26.3 Å². The molecule has 15 heteroatoms. The number of benzene rings is 2. The first kappa shape index (κ1) is 33.4. The van der Waals surface area contributed by atoms with Crippen LogP contribution in [-0.4, -0.2) is 62.5 Å². The summed E-state index contributed by atoms with van der Waals surface area (Å²) in [7, 11) is -3.37. The largest absolute Gasteiger partial charge is 0.416 e. The number of carbonyl (C=O) groups is 1. The highest BCUT2D eigenvalue weighted by atomic mass is 35.5. The second-order valence-electron chi connectivity index (χ2n) is 10.2. The second kappa shape index (κ2) is 12.7. The van der Waals surface area contributed by atoms with E-state index in [0.29, 0.717) is 50.3 Å². The van der Waals surface area contributed by atoms with Gasteiger partial charge in [0.1, 0.15) is 0 Å². The minimum absolute atomic E-state index is 0.0250. The van der Waals surface area contributed by atoms with E-state index >= 15 is 0 Å². The molecule has 0 aromatic heterocycles. The summed E-state index contributed by atoms with van der Waals surface area (Å²) in [6.07, 6.45) is -8.15. The lowest BCUT2D eigenvalue weighted by molar-refractivity contribution is -0.143. The first-order chi connectivity index (χ1) is 18.8. The molecule has 0 radical (unpaired) electrons. The van der Waals surface area contributed by atoms with Gasteiger partial charge in [0.25, 0.3) is 0 Å². The Kier molecular flexibility index (Phi) is 10.3. The maximum absolute atomic E-state index is 13.6. The van der Waals surface area contributed by atoms with Crippen LogP contribution in [0.1, 0.15) is 42.0 Å². The molecule has 0 aliphatic carbocycles. The Morgan fingerprint density at radius 1 is 0.878 bits per heavy atom. The van der Waals surface area contributed by atoms with E-state index in [1.165, 1.54) is 16.4 Å². The Labute approximate surface area is 244 Å². The van der Waals surface area contributed by atoms with E-state index in [-0.39, 0.29) is 34.6 Å². The zero-order chi connectivity index (χ0) is 30.8. The van der Waals surface area contributed by atoms with Crippen molar-refractivity contribution in [2.24, 2.45) is 0 Å². The van der Waals surface area contributed by atoms with Gasteiger partial charge in [0.2, 0.25) is 15.9 Å². The number of sulfonamides is 1. The summed E-state index contributed by atoms with van der Waals surface area (Å²) >= 11 is 12.2. The third-order valence-corrected chi connectivity index (χ3v) is 9.15. The lowest BCUT2D eigenvalue weighted by Crippen LogP contribution is -2.45. The number of hydrogen-bond acceptors (Lipinski definition) is 4. The first-order valence-electron chi connectivity index (χ1n) is 12.5. The summed E-state index contributed by atoms with van der Waals surface area (Å²) in [5.74, 6) is -0.644. The van der Waals surface area contributed by atoms with Crippen molar-refractivity contribution >= 4 is 39.1 Å². The smallest absolute Gasteiger partial charge is 0.351 e. The molecule has 3 rings (SSSR count). The van der Waals surface area contributed by atoms with Crippen molar-refractivity contribution in [1.29, 1.82) is 0 Å². The predicted molar refractivity (Wildman–Crippen MR) is 144 cm³/mol. The SMILES string of the molecule is CC(CCN1CCCN(S(C)(=O)=O)CC1)(C(=O)NCc1cc(C(F)(F)F)cc(C(F)(F)F)c1)c1ccc(Cl)c(Cl)c1. The van der Waals surface area contributed by atoms with Crippen LogP contribution in [0.3, 0.4) is 0 Å². The number of halogens is 8. The molecule has 1 amide bonds. The molecule has 41 heavy (non-hydrogen) atoms. The fourth-order valence-electron chi connectivity index (χ4n) is 4.61. The van der Waals surface area contributed by atoms with Gasteiger partial charge in [-0.3, -0.25) is 4.79 Å². The van der Waals surface area contributed by atoms with Crippen molar-refractivity contribution in [2.75, 3.05) is 39.0 Å². The minimum Gasteiger partial charge on any atom is -0.351 e. The quantitative estimate of drug-likeness (QED) is 0.359. The molecule has 1 heterocycles. The fourth-order valence-corrected chi connectivity index (χ4v) is 5.78. The van der Waals surface area contributed by atoms with Gasteiger partial charge in [0.05, 0.1) is 32.8 Å². The topological polar surface area (TPSA) is 69.7 Å². The van der Waals surface area contributed by atoms with Gasteiger partial charge in [0.15, 0.2) is 0 Å². The second-order valence-corrected chi connectivity index (χ2v) is 13.0. The lowest BCUT2D eigenvalue weighted by Gasteiger charge is -2.32. The first-order valence-corrected chi connectivity index (χ1v) is 15.1. The highest BCUT2D eigenvalue weighted by Gasteiger charge is 2.38. The van der Waals surface area contributed by atoms with Crippen molar-refractivity contribution in [2.45, 2.75) is 44.1 Å². The molecule has 1 unspecified atom stereocenters. The molecule has 0 saturated carbocycles. The van der Waals surface area contributed by atoms with Gasteiger partial charge >= 0.3 is 12.4 Å². The van der Waals surface area contributed by atoms with Gasteiger partial charge in [0, 0.05) is 26.2 Å². The van der Waals surface area contributed by atoms with E-state index in [2.05, 4.69) is 5.32 Å². The van der Waals surface area contributed by atoms with Crippen molar-refractivity contribution in [3.8, 4) is 0 Å². The van der Waals surface area contributed by atoms with Crippen molar-refractivity contribution < 1.29 is 39.6 Å². The van der Waals surface area contributed by atoms with Crippen LogP contribution < -0.4 is 5.32 Å². The van der Waals surface area contributed by atoms with Crippen LogP contribution >= 0.6 is 23.2 Å². The van der Waals surface area contributed by atoms with Crippen LogP contribution in [0, 0.1) is 0 Å². The van der Waals surface area contributed by atoms with Gasteiger partial charge < -0.3 is 10.2 Å². The summed E-state index contributed by atoms with van der Waals surface area (Å²) in [5, 5.41) is 2.89. The monoisotopic (exact) mass is 647 g/mol. The summed E-state index contributed by atoms with van der Waals surface area (Å²) in [6, 6.07) is 5.71. The van der Waals surface area contributed by atoms with E-state index in [9.17, 15) is 39.6 Å². The number of rotatable bonds is 8. The van der Waals surface area contributed by atoms with Gasteiger partial charge in [-0.15, -0.1) is 0 Å². The van der Waals surface area contributed by atoms with Gasteiger partial charge in [-0.2, -0.15) is 26.3 Å². The molecule has 1 saturated heterocycles. The minimum atomic E-state index is -5.02. The van der Waals surface area contributed by atoms with E-state index in [4.69, 9.17) is 23.2 Å². The third-order valence-electron chi connectivity index (χ3n) is 7.10. The van der Waals surface area contributed by atoms with Gasteiger partial charge in [-0.25, -0.2) is 12.7 Å². The molecule has 2 aromatic carbocycles. The molecule has 6 nitrogen and oxygen atoms in total. The van der Waals surface area contributed by atoms with Crippen LogP contribution in [0.5, 0.6) is 0 Å². The lowest BCUT2D eigenvalue weighted by atomic mass is 9.78. The molecular weight excluding hydrogens is 619 g/mol. The number of nitrogens with one attached hydrogen (secondary N) is 1. The molecule has 0 bridgehead atoms. The van der Waals surface area contributed by atoms with Crippen LogP contribution in [0.2, 0.25) is 10.0 Å². The Bertz CT molecular complexity index is 1340. The Balaban J connectivity index is 1.85. The van der Waals surface area contributed by atoms with Crippen molar-refractivity contribution in [3.05, 3.63) is 68.7 Å². The molecule has 1 N–H and O–H groups in total. The van der Waals surface area contributed by atoms with Gasteiger partial charge in [-0.05, 0) is 74.3 Å². The van der Waals surface area contributed by atoms with E-state index in [1.54, 1.807) is 13.0 Å². The summed E-state index contributed by atoms with van der Waals surface area (Å²) in [6.45, 7) is 2.96. The highest BCUT2D eigenvalue weighted by molar-refractivity contribution is 7.88. The molecule has 0 spiro atoms. The number of alkyl halides is 6. The molecule has 1 aliphatic heterocycles. The zero-order valence-electron chi connectivity index (χ0n) is 22.2. The summed E-state index contributed by atoms with van der Waals surface area (Å²) in [4.78, 5) is 15.6. The molecular formula is C26H29Cl2F6N3O3S. The Morgan fingerprint density at radius 2 is 1.49 bits per heavy atom. The van der Waals surface area contributed by atoms with Crippen LogP contribution in [-0.2, 0) is 39.1 Å². The average molecular weight is 648 g/mol. The number of nitrogens with zero attached hydrogens (tertiary/aromatic N) is 2. The van der Waals surface area contributed by atoms with E-state index in [0.717, 1.165) is 6.26 Å². The van der Waals surface area contributed by atoms with Crippen LogP contribution in [0.15, 0.2) is 36.4 Å². The third kappa shape index (κ3) is 8.73. The molecule has 1 aliphatic rings. The molecule has 1 fully saturated rings. The summed E-state index contributed by atoms with van der Waals surface area (Å²) in [5.41, 5.74) is -4.20. The Hall–Kier alpha value is -2.06. The average Bonchev–Trinajstić information content (AvgIpc) is 3.12. The molecule has 1 atom stereocenters. The maximum Gasteiger partial charge on any atom is 0.416 e.